The summed E-state index contributed by atoms with van der Waals surface area (Å²) in [6, 6.07) is 5.56. The van der Waals surface area contributed by atoms with Crippen molar-refractivity contribution in [2.24, 2.45) is 0 Å². The Morgan fingerprint density at radius 1 is 1.53 bits per heavy atom. The molecule has 15 heavy (non-hydrogen) atoms. The summed E-state index contributed by atoms with van der Waals surface area (Å²) in [6.45, 7) is 1.94. The summed E-state index contributed by atoms with van der Waals surface area (Å²) < 4.78 is 0. The van der Waals surface area contributed by atoms with Crippen molar-refractivity contribution < 1.29 is 9.90 Å². The van der Waals surface area contributed by atoms with Gasteiger partial charge >= 0.3 is 0 Å². The number of fused-ring (bicyclic) bond motifs is 1. The number of aromatic hydroxyl groups is 1. The van der Waals surface area contributed by atoms with Crippen molar-refractivity contribution in [3.8, 4) is 5.75 Å². The number of phenols is 1. The highest BCUT2D eigenvalue weighted by Crippen LogP contribution is 2.29. The Morgan fingerprint density at radius 2 is 2.33 bits per heavy atom. The van der Waals surface area contributed by atoms with Crippen molar-refractivity contribution in [3.63, 3.8) is 0 Å². The highest BCUT2D eigenvalue weighted by atomic mass is 16.3. The quantitative estimate of drug-likeness (QED) is 0.756. The van der Waals surface area contributed by atoms with E-state index in [0.29, 0.717) is 11.1 Å². The average Bonchev–Trinajstić information content (AvgIpc) is 2.26. The van der Waals surface area contributed by atoms with Crippen molar-refractivity contribution in [1.29, 1.82) is 0 Å². The van der Waals surface area contributed by atoms with E-state index >= 15 is 0 Å². The molecule has 0 amide bonds. The number of carbonyl (C=O) groups is 1. The number of carbonyl (C=O) groups excluding carboxylic acids is 1. The van der Waals surface area contributed by atoms with Crippen molar-refractivity contribution in [2.75, 3.05) is 0 Å². The highest BCUT2D eigenvalue weighted by Gasteiger charge is 2.09. The third kappa shape index (κ3) is 1.56. The van der Waals surface area contributed by atoms with E-state index < -0.39 is 0 Å². The van der Waals surface area contributed by atoms with E-state index in [1.165, 1.54) is 0 Å². The lowest BCUT2D eigenvalue weighted by Crippen LogP contribution is -1.92. The van der Waals surface area contributed by atoms with Gasteiger partial charge in [0.2, 0.25) is 0 Å². The van der Waals surface area contributed by atoms with Crippen LogP contribution in [0.15, 0.2) is 24.4 Å². The predicted octanol–water partition coefficient (Wildman–Crippen LogP) is 1.99. The minimum atomic E-state index is 0.114. The van der Waals surface area contributed by atoms with E-state index in [1.54, 1.807) is 6.20 Å². The van der Waals surface area contributed by atoms with Crippen molar-refractivity contribution in [2.45, 2.75) is 13.3 Å². The van der Waals surface area contributed by atoms with Crippen LogP contribution in [0.5, 0.6) is 5.75 Å². The molecule has 1 heterocycles. The minimum Gasteiger partial charge on any atom is -0.505 e. The van der Waals surface area contributed by atoms with Crippen LogP contribution in [0.3, 0.4) is 0 Å². The molecule has 1 aromatic heterocycles. The van der Waals surface area contributed by atoms with Gasteiger partial charge in [-0.1, -0.05) is 12.1 Å². The maximum Gasteiger partial charge on any atom is 0.145 e. The molecule has 0 bridgehead atoms. The fraction of sp³-hybridized carbons (Fsp3) is 0.167. The number of rotatable bonds is 2. The smallest absolute Gasteiger partial charge is 0.145 e. The van der Waals surface area contributed by atoms with Crippen LogP contribution >= 0.6 is 0 Å². The maximum atomic E-state index is 10.4. The first kappa shape index (κ1) is 9.65. The van der Waals surface area contributed by atoms with E-state index in [2.05, 4.69) is 4.98 Å². The van der Waals surface area contributed by atoms with Crippen LogP contribution in [-0.4, -0.2) is 16.4 Å². The Labute approximate surface area is 87.4 Å². The molecule has 3 heteroatoms. The van der Waals surface area contributed by atoms with Gasteiger partial charge < -0.3 is 9.90 Å². The molecular weight excluding hydrogens is 190 g/mol. The normalized spacial score (nSPS) is 10.5. The lowest BCUT2D eigenvalue weighted by molar-refractivity contribution is -0.107. The van der Waals surface area contributed by atoms with E-state index in [4.69, 9.17) is 0 Å². The van der Waals surface area contributed by atoms with Gasteiger partial charge in [0.1, 0.15) is 17.6 Å². The molecule has 2 aromatic rings. The van der Waals surface area contributed by atoms with Gasteiger partial charge in [-0.25, -0.2) is 0 Å². The summed E-state index contributed by atoms with van der Waals surface area (Å²) >= 11 is 0. The zero-order valence-corrected chi connectivity index (χ0v) is 8.40. The van der Waals surface area contributed by atoms with Gasteiger partial charge in [-0.3, -0.25) is 4.98 Å². The molecule has 0 saturated carbocycles. The second-order valence-corrected chi connectivity index (χ2v) is 3.47. The molecule has 76 valence electrons. The summed E-state index contributed by atoms with van der Waals surface area (Å²) in [6.07, 6.45) is 2.63. The Hall–Kier alpha value is -1.90. The van der Waals surface area contributed by atoms with Gasteiger partial charge in [0.25, 0.3) is 0 Å². The Morgan fingerprint density at radius 3 is 3.07 bits per heavy atom. The number of hydrogen-bond donors (Lipinski definition) is 1. The van der Waals surface area contributed by atoms with E-state index in [9.17, 15) is 9.90 Å². The Balaban J connectivity index is 2.78. The zero-order valence-electron chi connectivity index (χ0n) is 8.40. The fourth-order valence-electron chi connectivity index (χ4n) is 1.72. The number of hydrogen-bond acceptors (Lipinski definition) is 3. The molecule has 0 aliphatic rings. The number of nitrogens with zero attached hydrogens (tertiary/aromatic N) is 1. The fourth-order valence-corrected chi connectivity index (χ4v) is 1.72. The van der Waals surface area contributed by atoms with E-state index in [-0.39, 0.29) is 12.2 Å². The molecule has 0 aliphatic carbocycles. The van der Waals surface area contributed by atoms with Crippen molar-refractivity contribution in [1.82, 2.24) is 4.98 Å². The number of pyridine rings is 1. The van der Waals surface area contributed by atoms with Crippen LogP contribution in [0.2, 0.25) is 0 Å². The summed E-state index contributed by atoms with van der Waals surface area (Å²) in [7, 11) is 0. The third-order valence-corrected chi connectivity index (χ3v) is 2.46. The maximum absolute atomic E-state index is 10.4. The molecule has 0 unspecified atom stereocenters. The van der Waals surface area contributed by atoms with Crippen LogP contribution in [0.4, 0.5) is 0 Å². The Bertz CT molecular complexity index is 520. The van der Waals surface area contributed by atoms with Crippen LogP contribution in [0.25, 0.3) is 10.9 Å². The SMILES string of the molecule is Cc1cc(CC=O)c(O)c2ncccc12. The monoisotopic (exact) mass is 201 g/mol. The molecule has 2 rings (SSSR count). The van der Waals surface area contributed by atoms with Gasteiger partial charge in [0, 0.05) is 23.6 Å². The van der Waals surface area contributed by atoms with Crippen LogP contribution in [0, 0.1) is 6.92 Å². The second-order valence-electron chi connectivity index (χ2n) is 3.47. The number of phenolic OH excluding ortho intramolecular Hbond substituents is 1. The number of aromatic nitrogens is 1. The molecule has 0 spiro atoms. The third-order valence-electron chi connectivity index (χ3n) is 2.46. The summed E-state index contributed by atoms with van der Waals surface area (Å²) in [4.78, 5) is 14.6. The zero-order chi connectivity index (χ0) is 10.8. The van der Waals surface area contributed by atoms with Gasteiger partial charge in [0.05, 0.1) is 0 Å². The summed E-state index contributed by atoms with van der Waals surface area (Å²) in [5.41, 5.74) is 2.22. The van der Waals surface area contributed by atoms with Gasteiger partial charge in [-0.05, 0) is 18.6 Å². The largest absolute Gasteiger partial charge is 0.505 e. The number of aryl methyl sites for hydroxylation is 1. The van der Waals surface area contributed by atoms with Gasteiger partial charge in [-0.2, -0.15) is 0 Å². The average molecular weight is 201 g/mol. The lowest BCUT2D eigenvalue weighted by Gasteiger charge is -2.07. The first-order chi connectivity index (χ1) is 7.24. The van der Waals surface area contributed by atoms with Gasteiger partial charge in [-0.15, -0.1) is 0 Å². The van der Waals surface area contributed by atoms with Gasteiger partial charge in [0.15, 0.2) is 0 Å². The first-order valence-electron chi connectivity index (χ1n) is 4.74. The highest BCUT2D eigenvalue weighted by molar-refractivity contribution is 5.89. The van der Waals surface area contributed by atoms with Crippen LogP contribution in [-0.2, 0) is 11.2 Å². The first-order valence-corrected chi connectivity index (χ1v) is 4.74. The standard InChI is InChI=1S/C12H11NO2/c1-8-7-9(4-6-14)12(15)11-10(8)3-2-5-13-11/h2-3,5-7,15H,4H2,1H3. The molecule has 0 saturated heterocycles. The predicted molar refractivity (Wildman–Crippen MR) is 57.9 cm³/mol. The molecule has 3 nitrogen and oxygen atoms in total. The van der Waals surface area contributed by atoms with Crippen molar-refractivity contribution in [3.05, 3.63) is 35.5 Å². The Kier molecular flexibility index (Phi) is 2.37. The van der Waals surface area contributed by atoms with Crippen LogP contribution < -0.4 is 0 Å². The molecule has 1 aromatic carbocycles. The topological polar surface area (TPSA) is 50.2 Å². The molecular formula is C12H11NO2. The van der Waals surface area contributed by atoms with Crippen LogP contribution in [0.1, 0.15) is 11.1 Å². The molecule has 0 radical (unpaired) electrons. The second kappa shape index (κ2) is 3.69. The minimum absolute atomic E-state index is 0.114. The molecule has 0 atom stereocenters. The van der Waals surface area contributed by atoms with Crippen molar-refractivity contribution >= 4 is 17.2 Å². The number of aldehydes is 1. The number of benzene rings is 1. The molecule has 0 fully saturated rings. The summed E-state index contributed by atoms with van der Waals surface area (Å²) in [5, 5.41) is 10.8. The molecule has 0 aliphatic heterocycles. The summed E-state index contributed by atoms with van der Waals surface area (Å²) in [5.74, 6) is 0.114. The van der Waals surface area contributed by atoms with E-state index in [0.717, 1.165) is 17.2 Å². The molecule has 1 N–H and O–H groups in total. The van der Waals surface area contributed by atoms with E-state index in [1.807, 2.05) is 25.1 Å². The lowest BCUT2D eigenvalue weighted by atomic mass is 10.0.